The van der Waals surface area contributed by atoms with E-state index in [1.54, 1.807) is 13.4 Å². The van der Waals surface area contributed by atoms with E-state index in [-0.39, 0.29) is 0 Å². The molecular formula is C25H18O. The molecule has 26 heavy (non-hydrogen) atoms. The Morgan fingerprint density at radius 3 is 2.00 bits per heavy atom. The Bertz CT molecular complexity index is 1160. The maximum absolute atomic E-state index is 5.19. The van der Waals surface area contributed by atoms with Crippen molar-refractivity contribution in [2.24, 2.45) is 0 Å². The van der Waals surface area contributed by atoms with Crippen LogP contribution in [0, 0.1) is 0 Å². The van der Waals surface area contributed by atoms with E-state index in [2.05, 4.69) is 78.9 Å². The van der Waals surface area contributed by atoms with Crippen LogP contribution in [0.5, 0.6) is 0 Å². The Hall–Kier alpha value is -3.32. The fourth-order valence-electron chi connectivity index (χ4n) is 4.10. The molecule has 4 aromatic carbocycles. The number of benzene rings is 4. The van der Waals surface area contributed by atoms with E-state index in [1.165, 1.54) is 49.7 Å². The molecule has 0 fully saturated rings. The quantitative estimate of drug-likeness (QED) is 0.324. The van der Waals surface area contributed by atoms with Gasteiger partial charge < -0.3 is 4.74 Å². The molecular weight excluding hydrogens is 316 g/mol. The van der Waals surface area contributed by atoms with Gasteiger partial charge >= 0.3 is 0 Å². The van der Waals surface area contributed by atoms with Gasteiger partial charge in [0.15, 0.2) is 0 Å². The van der Waals surface area contributed by atoms with E-state index in [1.807, 2.05) is 6.08 Å². The summed E-state index contributed by atoms with van der Waals surface area (Å²) in [4.78, 5) is 0. The van der Waals surface area contributed by atoms with Crippen LogP contribution in [0.4, 0.5) is 0 Å². The normalized spacial score (nSPS) is 11.9. The summed E-state index contributed by atoms with van der Waals surface area (Å²) in [5, 5.41) is 2.61. The molecule has 0 atom stereocenters. The summed E-state index contributed by atoms with van der Waals surface area (Å²) in [6.07, 6.45) is 3.79. The van der Waals surface area contributed by atoms with E-state index >= 15 is 0 Å². The van der Waals surface area contributed by atoms with Crippen LogP contribution in [-0.4, -0.2) is 7.11 Å². The van der Waals surface area contributed by atoms with Gasteiger partial charge in [-0.15, -0.1) is 0 Å². The Morgan fingerprint density at radius 2 is 1.23 bits per heavy atom. The van der Waals surface area contributed by atoms with Crippen molar-refractivity contribution in [3.63, 3.8) is 0 Å². The van der Waals surface area contributed by atoms with Crippen LogP contribution in [-0.2, 0) is 4.74 Å². The summed E-state index contributed by atoms with van der Waals surface area (Å²) >= 11 is 0. The highest BCUT2D eigenvalue weighted by Gasteiger charge is 2.22. The number of rotatable bonds is 2. The first kappa shape index (κ1) is 15.0. The van der Waals surface area contributed by atoms with Gasteiger partial charge in [-0.2, -0.15) is 0 Å². The maximum atomic E-state index is 5.19. The molecule has 1 nitrogen and oxygen atoms in total. The minimum Gasteiger partial charge on any atom is -0.504 e. The lowest BCUT2D eigenvalue weighted by atomic mass is 9.90. The average molecular weight is 334 g/mol. The van der Waals surface area contributed by atoms with Crippen molar-refractivity contribution in [1.82, 2.24) is 0 Å². The first-order valence-electron chi connectivity index (χ1n) is 8.83. The first-order chi connectivity index (χ1) is 12.9. The van der Waals surface area contributed by atoms with Gasteiger partial charge in [0.25, 0.3) is 0 Å². The summed E-state index contributed by atoms with van der Waals surface area (Å²) in [5.74, 6) is 0. The predicted molar refractivity (Wildman–Crippen MR) is 110 cm³/mol. The zero-order valence-corrected chi connectivity index (χ0v) is 14.6. The van der Waals surface area contributed by atoms with Crippen molar-refractivity contribution < 1.29 is 4.74 Å². The third kappa shape index (κ3) is 2.11. The summed E-state index contributed by atoms with van der Waals surface area (Å²) in [5.41, 5.74) is 8.83. The Balaban J connectivity index is 2.01. The SMILES string of the molecule is CO/C=C/c1cccc2c1-c1ccccc1-c1cccc3cccc-2c13. The lowest BCUT2D eigenvalue weighted by molar-refractivity contribution is 0.341. The van der Waals surface area contributed by atoms with Crippen molar-refractivity contribution in [3.8, 4) is 33.4 Å². The van der Waals surface area contributed by atoms with Crippen LogP contribution >= 0.6 is 0 Å². The molecule has 0 unspecified atom stereocenters. The molecule has 0 aromatic heterocycles. The number of hydrogen-bond acceptors (Lipinski definition) is 1. The third-order valence-electron chi connectivity index (χ3n) is 5.16. The van der Waals surface area contributed by atoms with Gasteiger partial charge in [0.2, 0.25) is 0 Å². The molecule has 0 spiro atoms. The molecule has 0 N–H and O–H groups in total. The standard InChI is InChI=1S/C25H18O/c1-26-16-15-18-9-6-14-23-22-13-5-8-17-7-4-12-21(24(17)22)19-10-2-3-11-20(19)25(18)23/h2-16H,1H3/b16-15+. The van der Waals surface area contributed by atoms with Gasteiger partial charge in [-0.3, -0.25) is 0 Å². The van der Waals surface area contributed by atoms with Crippen molar-refractivity contribution in [1.29, 1.82) is 0 Å². The van der Waals surface area contributed by atoms with Crippen molar-refractivity contribution >= 4 is 16.8 Å². The molecule has 0 aliphatic heterocycles. The van der Waals surface area contributed by atoms with Crippen LogP contribution in [0.2, 0.25) is 0 Å². The lowest BCUT2D eigenvalue weighted by Crippen LogP contribution is -1.89. The van der Waals surface area contributed by atoms with Crippen molar-refractivity contribution in [3.05, 3.63) is 90.7 Å². The Morgan fingerprint density at radius 1 is 0.615 bits per heavy atom. The number of methoxy groups -OCH3 is 1. The smallest absolute Gasteiger partial charge is 0.0830 e. The average Bonchev–Trinajstić information content (AvgIpc) is 2.82. The van der Waals surface area contributed by atoms with Crippen LogP contribution < -0.4 is 0 Å². The second-order valence-corrected chi connectivity index (χ2v) is 6.56. The van der Waals surface area contributed by atoms with E-state index in [4.69, 9.17) is 4.74 Å². The molecule has 0 saturated heterocycles. The number of fused-ring (bicyclic) bond motifs is 5. The fourth-order valence-corrected chi connectivity index (χ4v) is 4.10. The van der Waals surface area contributed by atoms with Gasteiger partial charge in [-0.1, -0.05) is 78.9 Å². The van der Waals surface area contributed by atoms with Gasteiger partial charge in [-0.25, -0.2) is 0 Å². The van der Waals surface area contributed by atoms with E-state index in [0.29, 0.717) is 0 Å². The minimum atomic E-state index is 1.17. The predicted octanol–water partition coefficient (Wildman–Crippen LogP) is 6.77. The minimum absolute atomic E-state index is 1.17. The zero-order chi connectivity index (χ0) is 17.5. The van der Waals surface area contributed by atoms with Gasteiger partial charge in [-0.05, 0) is 55.8 Å². The van der Waals surface area contributed by atoms with Crippen molar-refractivity contribution in [2.75, 3.05) is 7.11 Å². The van der Waals surface area contributed by atoms with Crippen molar-refractivity contribution in [2.45, 2.75) is 0 Å². The fraction of sp³-hybridized carbons (Fsp3) is 0.0400. The number of ether oxygens (including phenoxy) is 1. The molecule has 4 aromatic rings. The summed E-state index contributed by atoms with van der Waals surface area (Å²) in [6, 6.07) is 28.4. The molecule has 0 bridgehead atoms. The van der Waals surface area contributed by atoms with Crippen LogP contribution in [0.1, 0.15) is 5.56 Å². The zero-order valence-electron chi connectivity index (χ0n) is 14.6. The van der Waals surface area contributed by atoms with Gasteiger partial charge in [0.05, 0.1) is 13.4 Å². The molecule has 0 radical (unpaired) electrons. The second-order valence-electron chi connectivity index (χ2n) is 6.56. The van der Waals surface area contributed by atoms with Crippen LogP contribution in [0.15, 0.2) is 85.1 Å². The number of hydrogen-bond donors (Lipinski definition) is 0. The molecule has 0 amide bonds. The highest BCUT2D eigenvalue weighted by Crippen LogP contribution is 2.48. The molecule has 1 aliphatic carbocycles. The molecule has 5 rings (SSSR count). The largest absolute Gasteiger partial charge is 0.504 e. The molecule has 0 heterocycles. The van der Waals surface area contributed by atoms with Gasteiger partial charge in [0, 0.05) is 0 Å². The molecule has 1 heteroatoms. The molecule has 124 valence electrons. The van der Waals surface area contributed by atoms with E-state index in [9.17, 15) is 0 Å². The third-order valence-corrected chi connectivity index (χ3v) is 5.16. The van der Waals surface area contributed by atoms with Gasteiger partial charge in [0.1, 0.15) is 0 Å². The highest BCUT2D eigenvalue weighted by molar-refractivity contribution is 6.14. The maximum Gasteiger partial charge on any atom is 0.0830 e. The summed E-state index contributed by atoms with van der Waals surface area (Å²) < 4.78 is 5.19. The topological polar surface area (TPSA) is 9.23 Å². The monoisotopic (exact) mass is 334 g/mol. The van der Waals surface area contributed by atoms with E-state index < -0.39 is 0 Å². The van der Waals surface area contributed by atoms with Crippen LogP contribution in [0.3, 0.4) is 0 Å². The molecule has 1 aliphatic rings. The summed E-state index contributed by atoms with van der Waals surface area (Å²) in [6.45, 7) is 0. The van der Waals surface area contributed by atoms with Crippen LogP contribution in [0.25, 0.3) is 50.2 Å². The lowest BCUT2D eigenvalue weighted by Gasteiger charge is -2.14. The second kappa shape index (κ2) is 5.89. The Kier molecular flexibility index (Phi) is 3.39. The van der Waals surface area contributed by atoms with E-state index in [0.717, 1.165) is 0 Å². The first-order valence-corrected chi connectivity index (χ1v) is 8.83. The summed E-state index contributed by atoms with van der Waals surface area (Å²) in [7, 11) is 1.68. The highest BCUT2D eigenvalue weighted by atomic mass is 16.5. The Labute approximate surface area is 153 Å². The molecule has 0 saturated carbocycles.